The first-order valence-electron chi connectivity index (χ1n) is 57.0. The van der Waals surface area contributed by atoms with Gasteiger partial charge < -0.3 is 73.4 Å². The highest BCUT2D eigenvalue weighted by atomic mass is 32.2. The molecule has 0 amide bonds. The van der Waals surface area contributed by atoms with Crippen LogP contribution in [0.5, 0.6) is 0 Å². The van der Waals surface area contributed by atoms with Crippen LogP contribution >= 0.6 is 11.8 Å². The molecule has 27 atom stereocenters. The van der Waals surface area contributed by atoms with Crippen LogP contribution < -0.4 is 0 Å². The molecule has 0 aromatic carbocycles. The van der Waals surface area contributed by atoms with Gasteiger partial charge in [0.05, 0.1) is 138 Å². The monoisotopic (exact) mass is 1960 g/mol. The van der Waals surface area contributed by atoms with Gasteiger partial charge in [-0.1, -0.05) is 188 Å². The van der Waals surface area contributed by atoms with E-state index in [0.29, 0.717) is 179 Å². The Kier molecular flexibility index (Phi) is 58.0. The van der Waals surface area contributed by atoms with Crippen LogP contribution in [-0.4, -0.2) is 383 Å². The van der Waals surface area contributed by atoms with Crippen LogP contribution in [0.1, 0.15) is 293 Å². The molecule has 0 aromatic heterocycles. The SMILES string of the molecule is C=C1C(C)CN(CC(O)COC2CC(C)CCC2C(C)C)CC1C.CC1CCC(C(C)C)C(OCC(O)CN2CCC(=O)CC2)C1.CC1CCC(C(C)C)C(OCC(O)CN2CCCCC2)C1.CC1CCC(C(C)C)C(OCC(O)CN2CCN(CCN3CCOCC3)CC2)C1.CC1CCC(C(C)C)C(OCC(O)CN2CCSCC2)C1.CC1CCCC(OCC(O)CN2CC(C)OC(C)C2)C1. The molecule has 7 aliphatic heterocycles. The van der Waals surface area contributed by atoms with Crippen molar-refractivity contribution in [3.05, 3.63) is 12.2 Å². The number of aliphatic hydroxyl groups excluding tert-OH is 6. The van der Waals surface area contributed by atoms with Crippen LogP contribution in [-0.2, 0) is 42.7 Å². The molecule has 0 aromatic rings. The van der Waals surface area contributed by atoms with Crippen LogP contribution in [0, 0.1) is 107 Å². The summed E-state index contributed by atoms with van der Waals surface area (Å²) in [4.78, 5) is 30.3. The summed E-state index contributed by atoms with van der Waals surface area (Å²) in [6, 6.07) is 0. The van der Waals surface area contributed by atoms with E-state index in [0.717, 1.165) is 231 Å². The number of ketones is 1. The molecule has 13 fully saturated rings. The quantitative estimate of drug-likeness (QED) is 0.0315. The number of thioether (sulfide) groups is 1. The van der Waals surface area contributed by atoms with Gasteiger partial charge in [-0.15, -0.1) is 0 Å². The summed E-state index contributed by atoms with van der Waals surface area (Å²) >= 11 is 2.01. The molecule has 0 radical (unpaired) electrons. The van der Waals surface area contributed by atoms with Crippen LogP contribution in [0.2, 0.25) is 0 Å². The van der Waals surface area contributed by atoms with Gasteiger partial charge in [0.25, 0.3) is 0 Å². The van der Waals surface area contributed by atoms with E-state index >= 15 is 0 Å². The molecule has 804 valence electrons. The number of hydrogen-bond donors (Lipinski definition) is 6. The van der Waals surface area contributed by atoms with Gasteiger partial charge in [-0.2, -0.15) is 11.8 Å². The fourth-order valence-corrected chi connectivity index (χ4v) is 25.9. The van der Waals surface area contributed by atoms with Crippen molar-refractivity contribution in [2.75, 3.05) is 221 Å². The second-order valence-corrected chi connectivity index (χ2v) is 49.6. The van der Waals surface area contributed by atoms with Crippen LogP contribution in [0.25, 0.3) is 0 Å². The van der Waals surface area contributed by atoms with Gasteiger partial charge in [0.2, 0.25) is 0 Å². The summed E-state index contributed by atoms with van der Waals surface area (Å²) in [6.45, 7) is 77.4. The highest BCUT2D eigenvalue weighted by Gasteiger charge is 2.40. The zero-order chi connectivity index (χ0) is 99.6. The van der Waals surface area contributed by atoms with Crippen LogP contribution in [0.4, 0.5) is 0 Å². The Labute approximate surface area is 843 Å². The zero-order valence-electron chi connectivity index (χ0n) is 91.5. The molecule has 24 heteroatoms. The summed E-state index contributed by atoms with van der Waals surface area (Å²) < 4.78 is 47.9. The van der Waals surface area contributed by atoms with Gasteiger partial charge in [-0.3, -0.25) is 39.1 Å². The number of carbonyl (C=O) groups is 1. The third-order valence-corrected chi connectivity index (χ3v) is 34.6. The van der Waals surface area contributed by atoms with E-state index < -0.39 is 6.10 Å². The van der Waals surface area contributed by atoms with E-state index in [1.165, 1.54) is 120 Å². The van der Waals surface area contributed by atoms with Crippen molar-refractivity contribution in [3.63, 3.8) is 0 Å². The lowest BCUT2D eigenvalue weighted by molar-refractivity contribution is -0.122. The van der Waals surface area contributed by atoms with Crippen molar-refractivity contribution >= 4 is 17.5 Å². The Morgan fingerprint density at radius 3 is 0.956 bits per heavy atom. The highest BCUT2D eigenvalue weighted by molar-refractivity contribution is 7.99. The number of piperidine rings is 3. The molecular formula is C113H216N8O15S. The normalized spacial score (nSPS) is 34.2. The predicted octanol–water partition coefficient (Wildman–Crippen LogP) is 16.5. The fourth-order valence-electron chi connectivity index (χ4n) is 25.0. The molecule has 6 N–H and O–H groups in total. The maximum absolute atomic E-state index is 11.2. The van der Waals surface area contributed by atoms with Gasteiger partial charge in [0.15, 0.2) is 0 Å². The largest absolute Gasteiger partial charge is 0.389 e. The van der Waals surface area contributed by atoms with Crippen molar-refractivity contribution in [1.29, 1.82) is 0 Å². The van der Waals surface area contributed by atoms with E-state index in [2.05, 4.69) is 184 Å². The molecule has 6 saturated carbocycles. The molecule has 23 nitrogen and oxygen atoms in total. The minimum atomic E-state index is -0.446. The van der Waals surface area contributed by atoms with Crippen LogP contribution in [0.3, 0.4) is 0 Å². The molecular weight excluding hydrogens is 1740 g/mol. The maximum atomic E-state index is 11.2. The number of morpholine rings is 2. The number of nitrogens with zero attached hydrogens (tertiary/aromatic N) is 8. The Bertz CT molecular complexity index is 3020. The minimum Gasteiger partial charge on any atom is -0.389 e. The second-order valence-electron chi connectivity index (χ2n) is 48.4. The van der Waals surface area contributed by atoms with E-state index in [1.54, 1.807) is 0 Å². The number of hydrogen-bond acceptors (Lipinski definition) is 24. The summed E-state index contributed by atoms with van der Waals surface area (Å²) in [6.07, 6.45) is 29.0. The minimum absolute atomic E-state index is 0.256. The molecule has 13 rings (SSSR count). The molecule has 6 aliphatic carbocycles. The molecule has 7 heterocycles. The van der Waals surface area contributed by atoms with Gasteiger partial charge in [0, 0.05) is 168 Å². The molecule has 0 bridgehead atoms. The first-order chi connectivity index (χ1) is 65.4. The molecule has 7 saturated heterocycles. The smallest absolute Gasteiger partial charge is 0.135 e. The second kappa shape index (κ2) is 65.7. The predicted molar refractivity (Wildman–Crippen MR) is 564 cm³/mol. The lowest BCUT2D eigenvalue weighted by atomic mass is 9.75. The van der Waals surface area contributed by atoms with Crippen molar-refractivity contribution in [2.45, 2.75) is 378 Å². The van der Waals surface area contributed by atoms with Crippen molar-refractivity contribution < 1.29 is 73.3 Å². The van der Waals surface area contributed by atoms with Gasteiger partial charge in [-0.25, -0.2) is 0 Å². The van der Waals surface area contributed by atoms with E-state index in [-0.39, 0.29) is 42.7 Å². The maximum Gasteiger partial charge on any atom is 0.135 e. The average molecular weight is 1960 g/mol. The average Bonchev–Trinajstić information content (AvgIpc) is 0.870. The number of Topliss-reactive ketones (excluding diaryl/α,β-unsaturated/α-hetero) is 1. The number of aliphatic hydroxyl groups is 6. The van der Waals surface area contributed by atoms with Crippen molar-refractivity contribution in [1.82, 2.24) is 39.2 Å². The van der Waals surface area contributed by atoms with Gasteiger partial charge in [0.1, 0.15) is 5.78 Å². The molecule has 137 heavy (non-hydrogen) atoms. The number of ether oxygens (including phenoxy) is 8. The van der Waals surface area contributed by atoms with Crippen LogP contribution in [0.15, 0.2) is 12.2 Å². The molecule has 27 unspecified atom stereocenters. The first-order valence-corrected chi connectivity index (χ1v) is 58.1. The number of rotatable bonds is 38. The number of carbonyl (C=O) groups excluding carboxylic acids is 1. The highest BCUT2D eigenvalue weighted by Crippen LogP contribution is 2.41. The Hall–Kier alpha value is -1.12. The standard InChI is InChI=1S/C23H45N3O3.C21H39NO2.C18H33NO3.C18H35NO2.C17H33NO2S.C16H31NO3/c1-19(2)22-5-4-20(3)16-23(22)29-18-21(27)17-26-10-8-24(9-11-26)6-7-25-12-14-28-15-13-25;1-14(2)20-8-7-15(3)9-21(20)24-13-19(23)12-22-10-16(4)18(6)17(5)11-22;1-13(2)17-5-4-14(3)10-18(17)22-12-16(21)11-19-8-6-15(20)7-9-19;1-14(2)17-8-7-15(3)11-18(17)21-13-16(20)12-19-9-5-4-6-10-19;1-13(2)16-5-4-14(3)10-17(16)20-12-15(19)11-18-6-8-21-9-7-18;1-12-5-4-6-16(7-12)19-11-15(18)10-17-8-13(2)20-14(3)9-17/h19-23,27H,4-18H2,1-3H3;14-17,19-21,23H,6-13H2,1-5H3;13-14,16-18,21H,4-12H2,1-3H3;14-18,20H,4-13H2,1-3H3;13-17,19H,4-12H2,1-3H3;12-16,18H,4-11H2,1-3H3. The summed E-state index contributed by atoms with van der Waals surface area (Å²) in [5, 5.41) is 61.9. The molecule has 13 aliphatic rings. The third kappa shape index (κ3) is 47.1. The summed E-state index contributed by atoms with van der Waals surface area (Å²) in [5.74, 6) is 14.9. The number of likely N-dealkylation sites (tertiary alicyclic amines) is 3. The van der Waals surface area contributed by atoms with Gasteiger partial charge in [-0.05, 0) is 223 Å². The summed E-state index contributed by atoms with van der Waals surface area (Å²) in [7, 11) is 0. The Morgan fingerprint density at radius 1 is 0.321 bits per heavy atom. The first kappa shape index (κ1) is 121. The van der Waals surface area contributed by atoms with Crippen molar-refractivity contribution in [3.8, 4) is 0 Å². The Balaban J connectivity index is 0.000000203. The van der Waals surface area contributed by atoms with Crippen molar-refractivity contribution in [2.24, 2.45) is 107 Å². The van der Waals surface area contributed by atoms with E-state index in [1.807, 2.05) is 11.8 Å². The lowest BCUT2D eigenvalue weighted by Gasteiger charge is -2.39. The fraction of sp³-hybridized carbons (Fsp3) is 0.973. The third-order valence-electron chi connectivity index (χ3n) is 33.6. The summed E-state index contributed by atoms with van der Waals surface area (Å²) in [5.41, 5.74) is 1.35. The zero-order valence-corrected chi connectivity index (χ0v) is 92.4. The van der Waals surface area contributed by atoms with E-state index in [4.69, 9.17) is 37.9 Å². The van der Waals surface area contributed by atoms with Gasteiger partial charge >= 0.3 is 0 Å². The number of β-amino-alcohol motifs (C(OH)–C–C–N with tert-alkyl or cyclic N) is 6. The topological polar surface area (TPSA) is 238 Å². The molecule has 0 spiro atoms. The Morgan fingerprint density at radius 2 is 0.613 bits per heavy atom. The van der Waals surface area contributed by atoms with E-state index in [9.17, 15) is 35.4 Å². The number of piperazine rings is 1. The lowest BCUT2D eigenvalue weighted by Crippen LogP contribution is -2.51.